The molecule has 0 radical (unpaired) electrons. The average Bonchev–Trinajstić information content (AvgIpc) is 0.749. The van der Waals surface area contributed by atoms with Crippen LogP contribution in [-0.4, -0.2) is 128 Å². The fourth-order valence-electron chi connectivity index (χ4n) is 23.7. The van der Waals surface area contributed by atoms with Crippen LogP contribution < -0.4 is 0 Å². The largest absolute Gasteiger partial charge is 0.415 e. The van der Waals surface area contributed by atoms with Crippen molar-refractivity contribution < 1.29 is 61.7 Å². The number of hydrogen-bond donors (Lipinski definition) is 0. The summed E-state index contributed by atoms with van der Waals surface area (Å²) in [5, 5.41) is 0. The maximum atomic E-state index is 9.54. The molecule has 1 fully saturated rings. The summed E-state index contributed by atoms with van der Waals surface area (Å²) in [4.78, 5) is 0. The predicted octanol–water partition coefficient (Wildman–Crippen LogP) is 45.9. The quantitative estimate of drug-likeness (QED) is 0.0533. The summed E-state index contributed by atoms with van der Waals surface area (Å²) in [6.07, 6.45) is 64.4. The van der Waals surface area contributed by atoms with Gasteiger partial charge >= 0.3 is 128 Å². The molecule has 0 saturated carbocycles. The van der Waals surface area contributed by atoms with Gasteiger partial charge < -0.3 is 61.7 Å². The number of rotatable bonds is 90. The topological polar surface area (TPSA) is 138 Å². The molecule has 15 nitrogen and oxygen atoms in total. The minimum absolute atomic E-state index is 0.957. The van der Waals surface area contributed by atoms with Crippen molar-refractivity contribution in [1.29, 1.82) is 0 Å². The Morgan fingerprint density at radius 3 is 0.127 bits per heavy atom. The second kappa shape index (κ2) is 88.1. The lowest BCUT2D eigenvalue weighted by Gasteiger charge is -2.54. The van der Waals surface area contributed by atoms with E-state index in [1.54, 1.807) is 0 Å². The summed E-state index contributed by atoms with van der Waals surface area (Å²) in [5.74, 6) is 0. The van der Waals surface area contributed by atoms with Gasteiger partial charge in [0, 0.05) is 0 Å². The zero-order valence-electron chi connectivity index (χ0n) is 107. The van der Waals surface area contributed by atoms with Crippen molar-refractivity contribution in [2.45, 2.75) is 774 Å². The minimum Gasteiger partial charge on any atom is -0.415 e. The van der Waals surface area contributed by atoms with Crippen LogP contribution in [0.25, 0.3) is 0 Å². The lowest BCUT2D eigenvalue weighted by Crippen LogP contribution is -2.70. The normalized spacial score (nSPS) is 19.8. The average molecular weight is 2370 g/mol. The second-order valence-electron chi connectivity index (χ2n) is 48.3. The van der Waals surface area contributed by atoms with Gasteiger partial charge in [-0.3, -0.25) is 0 Å². The summed E-state index contributed by atoms with van der Waals surface area (Å²) in [6, 6.07) is 28.7. The van der Waals surface area contributed by atoms with Crippen LogP contribution in [0.5, 0.6) is 0 Å². The van der Waals surface area contributed by atoms with Gasteiger partial charge in [0.1, 0.15) is 0 Å². The van der Waals surface area contributed by atoms with Crippen LogP contribution in [0.3, 0.4) is 0 Å². The summed E-state index contributed by atoms with van der Waals surface area (Å²) < 4.78 is 143. The van der Waals surface area contributed by atoms with Crippen LogP contribution in [-0.2, 0) is 61.7 Å². The molecule has 0 N–H and O–H groups in total. The van der Waals surface area contributed by atoms with E-state index in [1.165, 1.54) is 0 Å². The van der Waals surface area contributed by atoms with Gasteiger partial charge in [0.15, 0.2) is 0 Å². The van der Waals surface area contributed by atoms with Crippen molar-refractivity contribution in [3.8, 4) is 0 Å². The van der Waals surface area contributed by atoms with Gasteiger partial charge in [-0.1, -0.05) is 593 Å². The molecule has 900 valence electrons. The molecule has 0 aliphatic carbocycles. The molecule has 0 spiro atoms. The van der Waals surface area contributed by atoms with Crippen LogP contribution in [0.4, 0.5) is 0 Å². The van der Waals surface area contributed by atoms with E-state index < -0.39 is 128 Å². The lowest BCUT2D eigenvalue weighted by molar-refractivity contribution is 0.208. The highest BCUT2D eigenvalue weighted by molar-refractivity contribution is 6.98. The summed E-state index contributed by atoms with van der Waals surface area (Å²) in [7, 11) is -52.3. The highest BCUT2D eigenvalue weighted by atomic mass is 28.5. The van der Waals surface area contributed by atoms with Gasteiger partial charge in [-0.15, -0.1) is 0 Å². The van der Waals surface area contributed by atoms with Gasteiger partial charge in [-0.2, -0.15) is 0 Å². The Kier molecular flexibility index (Phi) is 88.5. The molecule has 0 aromatic rings. The van der Waals surface area contributed by atoms with Crippen LogP contribution in [0.1, 0.15) is 593 Å². The molecular formula is C120H270O15Si15. The van der Waals surface area contributed by atoms with Crippen molar-refractivity contribution in [1.82, 2.24) is 0 Å². The summed E-state index contributed by atoms with van der Waals surface area (Å²) in [5.41, 5.74) is 0. The molecule has 0 aromatic heterocycles. The fourth-order valence-corrected chi connectivity index (χ4v) is 128. The molecule has 30 heteroatoms. The molecule has 0 unspecified atom stereocenters. The molecule has 1 saturated heterocycles. The maximum absolute atomic E-state index is 9.54. The molecule has 1 heterocycles. The van der Waals surface area contributed by atoms with Crippen LogP contribution in [0, 0.1) is 0 Å². The van der Waals surface area contributed by atoms with Crippen molar-refractivity contribution in [2.75, 3.05) is 0 Å². The van der Waals surface area contributed by atoms with Crippen molar-refractivity contribution in [2.24, 2.45) is 0 Å². The molecule has 0 amide bonds. The van der Waals surface area contributed by atoms with E-state index in [-0.39, 0.29) is 0 Å². The maximum Gasteiger partial charge on any atom is 0.320 e. The third-order valence-electron chi connectivity index (χ3n) is 32.9. The van der Waals surface area contributed by atoms with Gasteiger partial charge in [0.05, 0.1) is 0 Å². The molecule has 1 aliphatic rings. The zero-order valence-corrected chi connectivity index (χ0v) is 122. The Labute approximate surface area is 956 Å². The molecular weight excluding hydrogens is 2100 g/mol. The van der Waals surface area contributed by atoms with E-state index in [2.05, 4.69) is 208 Å². The van der Waals surface area contributed by atoms with E-state index in [9.17, 15) is 61.7 Å². The van der Waals surface area contributed by atoms with E-state index >= 15 is 0 Å². The van der Waals surface area contributed by atoms with Crippen molar-refractivity contribution >= 4 is 128 Å². The molecule has 150 heavy (non-hydrogen) atoms. The van der Waals surface area contributed by atoms with Gasteiger partial charge in [0.2, 0.25) is 0 Å². The van der Waals surface area contributed by atoms with Crippen LogP contribution in [0.15, 0.2) is 0 Å². The number of hydrogen-bond acceptors (Lipinski definition) is 15. The molecule has 1 rings (SSSR count). The first-order valence-corrected chi connectivity index (χ1v) is 101. The SMILES string of the molecule is CCCC[Si]1(CCCC)O[Si](CCCC)(CCCC)O[Si](CCCC)(CCCC)O[Si](CCCC)(CCCC)O[Si](CCCC)(CCCC)O[Si](CCCC)(CCCC)O[Si](CCCC)(CCCC)O[Si](CCCC)(CCCC)O[Si](CCCC)(CCCC)O[Si](CCCC)(CCCC)O[Si](CCCC)(CCCC)O[Si](CCCC)(CCCC)O[Si](CCCC)(CCCC)O[Si](CCCC)(CCCC)O[Si](CCCC)(CCCC)O1. The van der Waals surface area contributed by atoms with E-state index in [1.807, 2.05) is 0 Å². The third-order valence-corrected chi connectivity index (χ3v) is 111. The van der Waals surface area contributed by atoms with E-state index in [0.29, 0.717) is 0 Å². The van der Waals surface area contributed by atoms with Gasteiger partial charge in [-0.25, -0.2) is 0 Å². The molecule has 0 bridgehead atoms. The minimum atomic E-state index is -3.49. The van der Waals surface area contributed by atoms with E-state index in [0.717, 1.165) is 567 Å². The highest BCUT2D eigenvalue weighted by Crippen LogP contribution is 2.53. The Balaban J connectivity index is 6.90. The van der Waals surface area contributed by atoms with Gasteiger partial charge in [0.25, 0.3) is 0 Å². The number of unbranched alkanes of at least 4 members (excludes halogenated alkanes) is 30. The standard InChI is InChI=1S/C120H270O15Si15/c1-31-61-91-136(92-62-32-2)121-137(93-63-33-3,94-64-34-4)123-139(97-67-37-7,98-68-38-8)125-141(101-71-41-11,102-72-42-12)127-143(105-75-45-15,106-76-46-16)129-145(109-79-49-19,110-80-50-20)131-147(113-83-53-23,114-84-54-24)133-149(117-87-57-27,118-88-58-28)135-150(119-89-59-29,120-90-60-30)134-148(115-85-55-25,116-86-56-26)132-146(111-81-51-21,112-82-52-22)130-144(107-77-47-17,108-78-48-18)128-142(103-73-43-13,104-74-44-14)126-140(99-69-39-9,100-70-40-10)124-138(122-136,95-65-35-5)96-66-36-6/h31-120H2,1-30H3. The van der Waals surface area contributed by atoms with Gasteiger partial charge in [-0.05, 0) is 181 Å². The molecule has 0 atom stereocenters. The first-order valence-electron chi connectivity index (χ1n) is 67.9. The predicted molar refractivity (Wildman–Crippen MR) is 694 cm³/mol. The summed E-state index contributed by atoms with van der Waals surface area (Å²) >= 11 is 0. The smallest absolute Gasteiger partial charge is 0.320 e. The zero-order chi connectivity index (χ0) is 112. The van der Waals surface area contributed by atoms with Crippen molar-refractivity contribution in [3.63, 3.8) is 0 Å². The summed E-state index contributed by atoms with van der Waals surface area (Å²) in [6.45, 7) is 74.0. The first-order chi connectivity index (χ1) is 72.4. The first kappa shape index (κ1) is 151. The Hall–Kier alpha value is 2.65. The monoisotopic (exact) mass is 2370 g/mol. The van der Waals surface area contributed by atoms with Crippen LogP contribution in [0.2, 0.25) is 181 Å². The Bertz CT molecular complexity index is 2130. The third kappa shape index (κ3) is 57.3. The van der Waals surface area contributed by atoms with Crippen molar-refractivity contribution in [3.05, 3.63) is 0 Å². The highest BCUT2D eigenvalue weighted by Gasteiger charge is 2.67. The molecule has 0 aromatic carbocycles. The second-order valence-corrected chi connectivity index (χ2v) is 103. The lowest BCUT2D eigenvalue weighted by atomic mass is 10.4. The Morgan fingerprint density at radius 1 is 0.0667 bits per heavy atom. The molecule has 1 aliphatic heterocycles. The van der Waals surface area contributed by atoms with Crippen LogP contribution >= 0.6 is 0 Å². The van der Waals surface area contributed by atoms with E-state index in [4.69, 9.17) is 0 Å². The Morgan fingerprint density at radius 2 is 0.100 bits per heavy atom. The fraction of sp³-hybridized carbons (Fsp3) is 1.00.